The lowest BCUT2D eigenvalue weighted by molar-refractivity contribution is 0.0795. The number of fused-ring (bicyclic) bond motifs is 2. The van der Waals surface area contributed by atoms with E-state index in [1.807, 2.05) is 24.3 Å². The van der Waals surface area contributed by atoms with E-state index in [-0.39, 0.29) is 24.1 Å². The SMILES string of the molecule is CC1(C2CCc3nc4sc(C(=O)N[C@H](CCN5CCC(O)CC5)c5ccc(N6CCOC6=O)cc5)nc4cc3C2)CC1. The van der Waals surface area contributed by atoms with E-state index in [2.05, 4.69) is 23.2 Å². The molecule has 2 aliphatic heterocycles. The fourth-order valence-electron chi connectivity index (χ4n) is 6.82. The van der Waals surface area contributed by atoms with Crippen molar-refractivity contribution in [2.75, 3.05) is 37.7 Å². The maximum absolute atomic E-state index is 13.6. The minimum absolute atomic E-state index is 0.189. The first-order chi connectivity index (χ1) is 20.3. The molecule has 3 fully saturated rings. The number of thiazole rings is 1. The molecule has 7 rings (SSSR count). The molecule has 2 atom stereocenters. The smallest absolute Gasteiger partial charge is 0.414 e. The number of aliphatic hydroxyl groups is 1. The van der Waals surface area contributed by atoms with Gasteiger partial charge in [-0.2, -0.15) is 0 Å². The predicted molar refractivity (Wildman–Crippen MR) is 162 cm³/mol. The summed E-state index contributed by atoms with van der Waals surface area (Å²) in [5.41, 5.74) is 5.55. The van der Waals surface area contributed by atoms with Crippen LogP contribution in [0.5, 0.6) is 0 Å². The fourth-order valence-corrected chi connectivity index (χ4v) is 7.66. The second-order valence-electron chi connectivity index (χ2n) is 12.8. The highest BCUT2D eigenvalue weighted by Crippen LogP contribution is 2.55. The van der Waals surface area contributed by atoms with Crippen LogP contribution in [0.4, 0.5) is 10.5 Å². The minimum atomic E-state index is -0.330. The van der Waals surface area contributed by atoms with Crippen molar-refractivity contribution in [2.24, 2.45) is 11.3 Å². The highest BCUT2D eigenvalue weighted by molar-refractivity contribution is 7.19. The number of likely N-dealkylation sites (tertiary alicyclic amines) is 1. The molecule has 4 heterocycles. The molecule has 4 aliphatic rings. The fraction of sp³-hybridized carbons (Fsp3) is 0.562. The summed E-state index contributed by atoms with van der Waals surface area (Å²) in [5.74, 6) is 0.530. The molecule has 2 aromatic heterocycles. The van der Waals surface area contributed by atoms with Gasteiger partial charge in [0, 0.05) is 31.0 Å². The normalized spacial score (nSPS) is 23.0. The molecular weight excluding hydrogens is 550 g/mol. The number of anilines is 1. The summed E-state index contributed by atoms with van der Waals surface area (Å²) in [5, 5.41) is 13.6. The van der Waals surface area contributed by atoms with E-state index in [1.54, 1.807) is 4.90 Å². The standard InChI is InChI=1S/C32H39N5O4S/c1-32(11-12-32)22-4-7-25-21(18-22)19-27-29(34-25)42-30(35-27)28(39)33-26(10-15-36-13-8-24(38)9-14-36)20-2-5-23(6-3-20)37-16-17-41-31(37)40/h2-3,5-6,19,22,24,26,38H,4,7-18H2,1H3,(H,33,39)/t22?,26-/m1/s1. The Kier molecular flexibility index (Phi) is 7.40. The third-order valence-electron chi connectivity index (χ3n) is 9.93. The van der Waals surface area contributed by atoms with Crippen molar-refractivity contribution < 1.29 is 19.4 Å². The van der Waals surface area contributed by atoms with Gasteiger partial charge < -0.3 is 20.1 Å². The lowest BCUT2D eigenvalue weighted by Crippen LogP contribution is -2.38. The van der Waals surface area contributed by atoms with Gasteiger partial charge in [-0.15, -0.1) is 0 Å². The molecule has 10 heteroatoms. The first kappa shape index (κ1) is 27.7. The van der Waals surface area contributed by atoms with Crippen LogP contribution in [0.2, 0.25) is 0 Å². The van der Waals surface area contributed by atoms with Crippen LogP contribution in [-0.4, -0.2) is 70.9 Å². The van der Waals surface area contributed by atoms with Crippen LogP contribution in [0, 0.1) is 11.3 Å². The van der Waals surface area contributed by atoms with E-state index in [1.165, 1.54) is 41.9 Å². The Hall–Kier alpha value is -3.08. The van der Waals surface area contributed by atoms with Gasteiger partial charge in [0.1, 0.15) is 17.0 Å². The molecule has 0 spiro atoms. The van der Waals surface area contributed by atoms with Crippen LogP contribution in [0.15, 0.2) is 30.3 Å². The van der Waals surface area contributed by atoms with Gasteiger partial charge in [-0.3, -0.25) is 9.69 Å². The molecule has 42 heavy (non-hydrogen) atoms. The zero-order valence-corrected chi connectivity index (χ0v) is 25.0. The number of amides is 2. The number of ether oxygens (including phenoxy) is 1. The first-order valence-electron chi connectivity index (χ1n) is 15.4. The van der Waals surface area contributed by atoms with Gasteiger partial charge in [0.05, 0.1) is 18.7 Å². The van der Waals surface area contributed by atoms with Crippen molar-refractivity contribution in [3.8, 4) is 0 Å². The van der Waals surface area contributed by atoms with Crippen LogP contribution in [-0.2, 0) is 17.6 Å². The number of aliphatic hydroxyl groups excluding tert-OH is 1. The van der Waals surface area contributed by atoms with Crippen LogP contribution >= 0.6 is 11.3 Å². The molecule has 2 N–H and O–H groups in total. The number of rotatable bonds is 8. The van der Waals surface area contributed by atoms with Gasteiger partial charge >= 0.3 is 6.09 Å². The number of aryl methyl sites for hydroxylation is 1. The second kappa shape index (κ2) is 11.2. The summed E-state index contributed by atoms with van der Waals surface area (Å²) < 4.78 is 5.09. The summed E-state index contributed by atoms with van der Waals surface area (Å²) in [6, 6.07) is 9.75. The first-order valence-corrected chi connectivity index (χ1v) is 16.2. The number of carbonyl (C=O) groups is 2. The van der Waals surface area contributed by atoms with Crippen LogP contribution in [0.1, 0.15) is 78.1 Å². The van der Waals surface area contributed by atoms with Crippen molar-refractivity contribution >= 4 is 39.4 Å². The van der Waals surface area contributed by atoms with E-state index < -0.39 is 0 Å². The average molecular weight is 590 g/mol. The van der Waals surface area contributed by atoms with Gasteiger partial charge in [0.2, 0.25) is 0 Å². The molecule has 9 nitrogen and oxygen atoms in total. The number of pyridine rings is 1. The molecule has 3 aromatic rings. The van der Waals surface area contributed by atoms with Crippen molar-refractivity contribution in [3.05, 3.63) is 52.2 Å². The van der Waals surface area contributed by atoms with Crippen molar-refractivity contribution in [1.82, 2.24) is 20.2 Å². The van der Waals surface area contributed by atoms with E-state index in [4.69, 9.17) is 14.7 Å². The Morgan fingerprint density at radius 1 is 1.17 bits per heavy atom. The summed E-state index contributed by atoms with van der Waals surface area (Å²) in [6.07, 6.45) is 7.66. The molecule has 1 saturated carbocycles. The number of nitrogens with one attached hydrogen (secondary N) is 1. The molecule has 1 unspecified atom stereocenters. The molecule has 1 aromatic carbocycles. The average Bonchev–Trinajstić information content (AvgIpc) is 3.39. The van der Waals surface area contributed by atoms with E-state index >= 15 is 0 Å². The number of piperidine rings is 1. The number of benzene rings is 1. The number of hydrogen-bond acceptors (Lipinski definition) is 8. The van der Waals surface area contributed by atoms with Gasteiger partial charge in [0.25, 0.3) is 5.91 Å². The zero-order chi connectivity index (χ0) is 28.8. The molecule has 0 bridgehead atoms. The summed E-state index contributed by atoms with van der Waals surface area (Å²) in [4.78, 5) is 40.2. The minimum Gasteiger partial charge on any atom is -0.447 e. The van der Waals surface area contributed by atoms with Gasteiger partial charge in [-0.25, -0.2) is 14.8 Å². The topological polar surface area (TPSA) is 108 Å². The highest BCUT2D eigenvalue weighted by atomic mass is 32.1. The maximum atomic E-state index is 13.6. The lowest BCUT2D eigenvalue weighted by Gasteiger charge is -2.31. The molecule has 0 radical (unpaired) electrons. The second-order valence-corrected chi connectivity index (χ2v) is 13.8. The van der Waals surface area contributed by atoms with E-state index in [9.17, 15) is 14.7 Å². The zero-order valence-electron chi connectivity index (χ0n) is 24.2. The van der Waals surface area contributed by atoms with Crippen molar-refractivity contribution in [3.63, 3.8) is 0 Å². The summed E-state index contributed by atoms with van der Waals surface area (Å²) in [7, 11) is 0. The Labute approximate surface area is 250 Å². The predicted octanol–water partition coefficient (Wildman–Crippen LogP) is 4.87. The molecule has 2 amide bonds. The van der Waals surface area contributed by atoms with Crippen molar-refractivity contribution in [2.45, 2.75) is 70.4 Å². The van der Waals surface area contributed by atoms with Gasteiger partial charge in [-0.1, -0.05) is 30.4 Å². The number of nitrogens with zero attached hydrogens (tertiary/aromatic N) is 4. The molecule has 2 saturated heterocycles. The quantitative estimate of drug-likeness (QED) is 0.386. The monoisotopic (exact) mass is 589 g/mol. The van der Waals surface area contributed by atoms with Crippen LogP contribution in [0.3, 0.4) is 0 Å². The summed E-state index contributed by atoms with van der Waals surface area (Å²) in [6.45, 7) is 5.86. The third-order valence-corrected chi connectivity index (χ3v) is 10.9. The molecule has 222 valence electrons. The largest absolute Gasteiger partial charge is 0.447 e. The van der Waals surface area contributed by atoms with E-state index in [0.29, 0.717) is 23.6 Å². The molecular formula is C32H39N5O4S. The van der Waals surface area contributed by atoms with E-state index in [0.717, 1.165) is 79.3 Å². The summed E-state index contributed by atoms with van der Waals surface area (Å²) >= 11 is 1.37. The lowest BCUT2D eigenvalue weighted by atomic mass is 9.77. The van der Waals surface area contributed by atoms with Crippen LogP contribution in [0.25, 0.3) is 10.3 Å². The number of hydrogen-bond donors (Lipinski definition) is 2. The highest BCUT2D eigenvalue weighted by Gasteiger charge is 2.45. The Balaban J connectivity index is 1.09. The maximum Gasteiger partial charge on any atom is 0.414 e. The Bertz CT molecular complexity index is 1480. The number of carbonyl (C=O) groups excluding carboxylic acids is 2. The third kappa shape index (κ3) is 5.64. The molecule has 2 aliphatic carbocycles. The Morgan fingerprint density at radius 3 is 2.67 bits per heavy atom. The number of cyclic esters (lactones) is 1. The van der Waals surface area contributed by atoms with Crippen LogP contribution < -0.4 is 10.2 Å². The van der Waals surface area contributed by atoms with Gasteiger partial charge in [0.15, 0.2) is 5.01 Å². The van der Waals surface area contributed by atoms with Gasteiger partial charge in [-0.05, 0) is 92.0 Å². The number of aromatic nitrogens is 2. The van der Waals surface area contributed by atoms with Crippen molar-refractivity contribution in [1.29, 1.82) is 0 Å². The Morgan fingerprint density at radius 2 is 1.95 bits per heavy atom.